The second-order valence-corrected chi connectivity index (χ2v) is 5.04. The molecule has 24 heavy (non-hydrogen) atoms. The molecule has 0 aliphatic rings. The summed E-state index contributed by atoms with van der Waals surface area (Å²) in [5, 5.41) is 17.1. The zero-order valence-electron chi connectivity index (χ0n) is 13.6. The van der Waals surface area contributed by atoms with Crippen molar-refractivity contribution in [2.75, 3.05) is 24.8 Å². The SMILES string of the molecule is CNc1ccnc(N[C@@H](C)c2ccc(C(=O)OC)cc2)c1[N+](=O)[O-]. The number of rotatable bonds is 6. The van der Waals surface area contributed by atoms with Crippen LogP contribution in [-0.2, 0) is 4.74 Å². The molecule has 8 heteroatoms. The van der Waals surface area contributed by atoms with Gasteiger partial charge in [0.2, 0.25) is 5.82 Å². The molecule has 2 aromatic rings. The van der Waals surface area contributed by atoms with Crippen molar-refractivity contribution in [1.29, 1.82) is 0 Å². The number of nitrogens with zero attached hydrogens (tertiary/aromatic N) is 2. The first-order chi connectivity index (χ1) is 11.5. The van der Waals surface area contributed by atoms with Crippen LogP contribution >= 0.6 is 0 Å². The van der Waals surface area contributed by atoms with E-state index in [0.29, 0.717) is 11.3 Å². The molecule has 1 atom stereocenters. The van der Waals surface area contributed by atoms with Gasteiger partial charge in [-0.2, -0.15) is 0 Å². The quantitative estimate of drug-likeness (QED) is 0.476. The Kier molecular flexibility index (Phi) is 5.31. The number of benzene rings is 1. The fourth-order valence-corrected chi connectivity index (χ4v) is 2.26. The third-order valence-corrected chi connectivity index (χ3v) is 3.56. The average molecular weight is 330 g/mol. The first-order valence-corrected chi connectivity index (χ1v) is 7.24. The summed E-state index contributed by atoms with van der Waals surface area (Å²) in [5.41, 5.74) is 1.56. The maximum atomic E-state index is 11.4. The maximum absolute atomic E-state index is 11.4. The Hall–Kier alpha value is -3.16. The highest BCUT2D eigenvalue weighted by Gasteiger charge is 2.22. The van der Waals surface area contributed by atoms with Crippen molar-refractivity contribution in [3.63, 3.8) is 0 Å². The zero-order valence-corrected chi connectivity index (χ0v) is 13.6. The van der Waals surface area contributed by atoms with Gasteiger partial charge in [-0.1, -0.05) is 12.1 Å². The van der Waals surface area contributed by atoms with Crippen LogP contribution in [0.5, 0.6) is 0 Å². The molecule has 0 spiro atoms. The van der Waals surface area contributed by atoms with Gasteiger partial charge in [-0.15, -0.1) is 0 Å². The van der Waals surface area contributed by atoms with Gasteiger partial charge in [-0.3, -0.25) is 10.1 Å². The highest BCUT2D eigenvalue weighted by atomic mass is 16.6. The van der Waals surface area contributed by atoms with E-state index in [0.717, 1.165) is 5.56 Å². The minimum Gasteiger partial charge on any atom is -0.465 e. The Morgan fingerprint density at radius 2 is 1.96 bits per heavy atom. The second kappa shape index (κ2) is 7.40. The molecule has 126 valence electrons. The number of hydrogen-bond donors (Lipinski definition) is 2. The summed E-state index contributed by atoms with van der Waals surface area (Å²) >= 11 is 0. The van der Waals surface area contributed by atoms with Crippen LogP contribution < -0.4 is 10.6 Å². The average Bonchev–Trinajstić information content (AvgIpc) is 2.60. The summed E-state index contributed by atoms with van der Waals surface area (Å²) < 4.78 is 4.65. The van der Waals surface area contributed by atoms with Crippen LogP contribution in [0.15, 0.2) is 36.5 Å². The van der Waals surface area contributed by atoms with Gasteiger partial charge in [0.1, 0.15) is 5.69 Å². The third kappa shape index (κ3) is 3.60. The van der Waals surface area contributed by atoms with Crippen molar-refractivity contribution in [3.8, 4) is 0 Å². The molecule has 0 saturated heterocycles. The van der Waals surface area contributed by atoms with E-state index in [4.69, 9.17) is 0 Å². The summed E-state index contributed by atoms with van der Waals surface area (Å²) in [7, 11) is 2.93. The van der Waals surface area contributed by atoms with Crippen LogP contribution in [0.25, 0.3) is 0 Å². The van der Waals surface area contributed by atoms with Gasteiger partial charge >= 0.3 is 11.7 Å². The van der Waals surface area contributed by atoms with E-state index in [9.17, 15) is 14.9 Å². The van der Waals surface area contributed by atoms with Crippen molar-refractivity contribution in [1.82, 2.24) is 4.98 Å². The fourth-order valence-electron chi connectivity index (χ4n) is 2.26. The third-order valence-electron chi connectivity index (χ3n) is 3.56. The summed E-state index contributed by atoms with van der Waals surface area (Å²) in [6.07, 6.45) is 1.49. The fraction of sp³-hybridized carbons (Fsp3) is 0.250. The van der Waals surface area contributed by atoms with Crippen LogP contribution in [0.1, 0.15) is 28.9 Å². The standard InChI is InChI=1S/C16H18N4O4/c1-10(11-4-6-12(7-5-11)16(21)24-3)19-15-14(20(22)23)13(17-2)8-9-18-15/h4-10H,1-3H3,(H2,17,18,19)/t10-/m0/s1. The van der Waals surface area contributed by atoms with E-state index in [1.54, 1.807) is 37.4 Å². The van der Waals surface area contributed by atoms with Gasteiger partial charge in [0, 0.05) is 13.2 Å². The van der Waals surface area contributed by atoms with Crippen LogP contribution in [-0.4, -0.2) is 30.0 Å². The smallest absolute Gasteiger partial charge is 0.337 e. The predicted octanol–water partition coefficient (Wildman–Crippen LogP) is 2.99. The van der Waals surface area contributed by atoms with Gasteiger partial charge in [-0.25, -0.2) is 9.78 Å². The van der Waals surface area contributed by atoms with Crippen molar-refractivity contribution in [3.05, 3.63) is 57.8 Å². The molecule has 1 aromatic heterocycles. The van der Waals surface area contributed by atoms with Crippen LogP contribution in [0, 0.1) is 10.1 Å². The van der Waals surface area contributed by atoms with Gasteiger partial charge < -0.3 is 15.4 Å². The van der Waals surface area contributed by atoms with E-state index in [-0.39, 0.29) is 17.5 Å². The number of hydrogen-bond acceptors (Lipinski definition) is 7. The zero-order chi connectivity index (χ0) is 17.7. The molecule has 0 bridgehead atoms. The number of carbonyl (C=O) groups is 1. The summed E-state index contributed by atoms with van der Waals surface area (Å²) in [5.74, 6) is -0.238. The van der Waals surface area contributed by atoms with Crippen molar-refractivity contribution >= 4 is 23.2 Å². The molecule has 0 fully saturated rings. The van der Waals surface area contributed by atoms with Crippen molar-refractivity contribution < 1.29 is 14.5 Å². The molecule has 0 radical (unpaired) electrons. The Bertz CT molecular complexity index is 746. The minimum atomic E-state index is -0.478. The van der Waals surface area contributed by atoms with Gasteiger partial charge in [-0.05, 0) is 30.7 Å². The number of ether oxygens (including phenoxy) is 1. The molecule has 8 nitrogen and oxygen atoms in total. The summed E-state index contributed by atoms with van der Waals surface area (Å²) in [4.78, 5) is 26.3. The molecular weight excluding hydrogens is 312 g/mol. The molecule has 0 unspecified atom stereocenters. The lowest BCUT2D eigenvalue weighted by molar-refractivity contribution is -0.383. The van der Waals surface area contributed by atoms with E-state index >= 15 is 0 Å². The number of methoxy groups -OCH3 is 1. The number of nitro groups is 1. The number of pyridine rings is 1. The summed E-state index contributed by atoms with van der Waals surface area (Å²) in [6, 6.07) is 8.11. The second-order valence-electron chi connectivity index (χ2n) is 5.04. The lowest BCUT2D eigenvalue weighted by Crippen LogP contribution is -2.11. The topological polar surface area (TPSA) is 106 Å². The molecule has 0 saturated carbocycles. The normalized spacial score (nSPS) is 11.5. The Balaban J connectivity index is 2.25. The Morgan fingerprint density at radius 3 is 2.50 bits per heavy atom. The van der Waals surface area contributed by atoms with Crippen molar-refractivity contribution in [2.24, 2.45) is 0 Å². The largest absolute Gasteiger partial charge is 0.465 e. The van der Waals surface area contributed by atoms with Gasteiger partial charge in [0.15, 0.2) is 0 Å². The Morgan fingerprint density at radius 1 is 1.29 bits per heavy atom. The van der Waals surface area contributed by atoms with Crippen LogP contribution in [0.3, 0.4) is 0 Å². The monoisotopic (exact) mass is 330 g/mol. The number of aromatic nitrogens is 1. The summed E-state index contributed by atoms with van der Waals surface area (Å²) in [6.45, 7) is 1.85. The Labute approximate surface area is 139 Å². The lowest BCUT2D eigenvalue weighted by Gasteiger charge is -2.16. The first-order valence-electron chi connectivity index (χ1n) is 7.24. The number of carbonyl (C=O) groups excluding carboxylic acids is 1. The molecule has 2 rings (SSSR count). The molecule has 1 heterocycles. The van der Waals surface area contributed by atoms with E-state index < -0.39 is 10.9 Å². The number of esters is 1. The van der Waals surface area contributed by atoms with Gasteiger partial charge in [0.05, 0.1) is 23.6 Å². The van der Waals surface area contributed by atoms with Crippen LogP contribution in [0.4, 0.5) is 17.2 Å². The van der Waals surface area contributed by atoms with Gasteiger partial charge in [0.25, 0.3) is 0 Å². The number of anilines is 2. The lowest BCUT2D eigenvalue weighted by atomic mass is 10.1. The minimum absolute atomic E-state index is 0.113. The van der Waals surface area contributed by atoms with Crippen LogP contribution in [0.2, 0.25) is 0 Å². The highest BCUT2D eigenvalue weighted by molar-refractivity contribution is 5.89. The predicted molar refractivity (Wildman–Crippen MR) is 90.3 cm³/mol. The molecule has 2 N–H and O–H groups in total. The molecule has 0 aliphatic heterocycles. The maximum Gasteiger partial charge on any atom is 0.337 e. The molecule has 0 amide bonds. The van der Waals surface area contributed by atoms with Crippen molar-refractivity contribution in [2.45, 2.75) is 13.0 Å². The van der Waals surface area contributed by atoms with E-state index in [1.807, 2.05) is 6.92 Å². The molecule has 1 aromatic carbocycles. The molecule has 0 aliphatic carbocycles. The first kappa shape index (κ1) is 17.2. The van der Waals surface area contributed by atoms with E-state index in [2.05, 4.69) is 20.4 Å². The number of nitrogens with one attached hydrogen (secondary N) is 2. The highest BCUT2D eigenvalue weighted by Crippen LogP contribution is 2.32. The molecular formula is C16H18N4O4. The van der Waals surface area contributed by atoms with E-state index in [1.165, 1.54) is 13.3 Å².